The topological polar surface area (TPSA) is 26.7 Å². The Hall–Kier alpha value is -1.06. The Morgan fingerprint density at radius 2 is 2.00 bits per heavy atom. The van der Waals surface area contributed by atoms with E-state index in [4.69, 9.17) is 0 Å². The molecule has 1 fully saturated rings. The number of likely N-dealkylation sites (N-methyl/N-ethyl adjacent to an activating group) is 1. The molecule has 3 nitrogen and oxygen atoms in total. The molecule has 18 heavy (non-hydrogen) atoms. The van der Waals surface area contributed by atoms with Gasteiger partial charge in [-0.15, -0.1) is 0 Å². The fraction of sp³-hybridized carbons (Fsp3) is 0.600. The van der Waals surface area contributed by atoms with Crippen LogP contribution in [-0.4, -0.2) is 42.7 Å². The Kier molecular flexibility index (Phi) is 4.25. The molecule has 0 bridgehead atoms. The molecule has 1 aromatic carbocycles. The molecular formula is C15H24N2O. The van der Waals surface area contributed by atoms with Crippen molar-refractivity contribution in [3.8, 4) is 0 Å². The summed E-state index contributed by atoms with van der Waals surface area (Å²) >= 11 is 0. The number of anilines is 1. The molecule has 1 unspecified atom stereocenters. The van der Waals surface area contributed by atoms with Crippen LogP contribution in [0.3, 0.4) is 0 Å². The van der Waals surface area contributed by atoms with E-state index < -0.39 is 6.10 Å². The van der Waals surface area contributed by atoms with Crippen LogP contribution in [0, 0.1) is 0 Å². The molecule has 0 radical (unpaired) electrons. The van der Waals surface area contributed by atoms with Gasteiger partial charge < -0.3 is 14.9 Å². The molecule has 0 spiro atoms. The van der Waals surface area contributed by atoms with E-state index in [0.717, 1.165) is 25.2 Å². The lowest BCUT2D eigenvalue weighted by Crippen LogP contribution is -2.38. The minimum absolute atomic E-state index is 0.408. The fourth-order valence-corrected chi connectivity index (χ4v) is 2.83. The van der Waals surface area contributed by atoms with Gasteiger partial charge in [-0.2, -0.15) is 0 Å². The quantitative estimate of drug-likeness (QED) is 0.870. The highest BCUT2D eigenvalue weighted by molar-refractivity contribution is 5.55. The largest absolute Gasteiger partial charge is 0.389 e. The number of rotatable bonds is 2. The second-order valence-electron chi connectivity index (χ2n) is 5.39. The van der Waals surface area contributed by atoms with Gasteiger partial charge in [0.2, 0.25) is 0 Å². The molecule has 3 heteroatoms. The van der Waals surface area contributed by atoms with Gasteiger partial charge in [0, 0.05) is 30.4 Å². The Morgan fingerprint density at radius 1 is 1.28 bits per heavy atom. The van der Waals surface area contributed by atoms with Gasteiger partial charge in [-0.25, -0.2) is 0 Å². The number of para-hydroxylation sites is 1. The summed E-state index contributed by atoms with van der Waals surface area (Å²) in [5.74, 6) is 0. The molecule has 1 aromatic rings. The Bertz CT molecular complexity index is 392. The van der Waals surface area contributed by atoms with Crippen LogP contribution in [0.2, 0.25) is 0 Å². The maximum absolute atomic E-state index is 9.91. The average molecular weight is 248 g/mol. The smallest absolute Gasteiger partial charge is 0.0781 e. The fourth-order valence-electron chi connectivity index (χ4n) is 2.83. The van der Waals surface area contributed by atoms with Crippen molar-refractivity contribution in [2.75, 3.05) is 31.6 Å². The zero-order chi connectivity index (χ0) is 13.1. The lowest BCUT2D eigenvalue weighted by molar-refractivity contribution is 0.199. The molecule has 0 amide bonds. The highest BCUT2D eigenvalue weighted by atomic mass is 16.3. The van der Waals surface area contributed by atoms with Crippen LogP contribution < -0.4 is 4.90 Å². The lowest BCUT2D eigenvalue weighted by Gasteiger charge is -2.32. The standard InChI is InChI=1S/C15H24N2O/c1-12-11-16(3)9-6-10-17(12)15-8-5-4-7-14(15)13(2)18/h4-5,7-8,12-13,18H,6,9-11H2,1-3H3/t12?,13-/m1/s1. The number of hydrogen-bond donors (Lipinski definition) is 1. The number of nitrogens with zero attached hydrogens (tertiary/aromatic N) is 2. The van der Waals surface area contributed by atoms with Gasteiger partial charge in [0.05, 0.1) is 6.10 Å². The van der Waals surface area contributed by atoms with Crippen molar-refractivity contribution in [1.82, 2.24) is 4.90 Å². The highest BCUT2D eigenvalue weighted by Crippen LogP contribution is 2.28. The van der Waals surface area contributed by atoms with Gasteiger partial charge in [-0.1, -0.05) is 18.2 Å². The van der Waals surface area contributed by atoms with Crippen molar-refractivity contribution in [3.63, 3.8) is 0 Å². The predicted molar refractivity (Wildman–Crippen MR) is 76.0 cm³/mol. The number of aliphatic hydroxyl groups is 1. The summed E-state index contributed by atoms with van der Waals surface area (Å²) in [4.78, 5) is 4.82. The van der Waals surface area contributed by atoms with Crippen LogP contribution >= 0.6 is 0 Å². The second kappa shape index (κ2) is 5.72. The maximum atomic E-state index is 9.91. The third-order valence-electron chi connectivity index (χ3n) is 3.74. The molecule has 0 aliphatic carbocycles. The molecule has 1 heterocycles. The number of benzene rings is 1. The van der Waals surface area contributed by atoms with Gasteiger partial charge in [0.15, 0.2) is 0 Å². The van der Waals surface area contributed by atoms with Gasteiger partial charge in [-0.3, -0.25) is 0 Å². The van der Waals surface area contributed by atoms with Crippen molar-refractivity contribution < 1.29 is 5.11 Å². The zero-order valence-corrected chi connectivity index (χ0v) is 11.6. The Morgan fingerprint density at radius 3 is 2.72 bits per heavy atom. The van der Waals surface area contributed by atoms with Gasteiger partial charge in [0.1, 0.15) is 0 Å². The van der Waals surface area contributed by atoms with Crippen molar-refractivity contribution in [2.45, 2.75) is 32.4 Å². The molecule has 2 atom stereocenters. The molecule has 2 rings (SSSR count). The van der Waals surface area contributed by atoms with Gasteiger partial charge in [0.25, 0.3) is 0 Å². The SMILES string of the molecule is CC1CN(C)CCCN1c1ccccc1[C@@H](C)O. The molecule has 1 N–H and O–H groups in total. The third kappa shape index (κ3) is 2.85. The van der Waals surface area contributed by atoms with Crippen molar-refractivity contribution in [1.29, 1.82) is 0 Å². The summed E-state index contributed by atoms with van der Waals surface area (Å²) < 4.78 is 0. The molecule has 0 saturated carbocycles. The van der Waals surface area contributed by atoms with E-state index in [2.05, 4.69) is 35.9 Å². The molecular weight excluding hydrogens is 224 g/mol. The van der Waals surface area contributed by atoms with Crippen molar-refractivity contribution in [2.24, 2.45) is 0 Å². The Labute approximate surface area is 110 Å². The molecule has 0 aromatic heterocycles. The summed E-state index contributed by atoms with van der Waals surface area (Å²) in [5.41, 5.74) is 2.23. The van der Waals surface area contributed by atoms with E-state index in [1.807, 2.05) is 19.1 Å². The summed E-state index contributed by atoms with van der Waals surface area (Å²) in [6, 6.07) is 8.70. The minimum Gasteiger partial charge on any atom is -0.389 e. The van der Waals surface area contributed by atoms with Crippen LogP contribution in [0.15, 0.2) is 24.3 Å². The summed E-state index contributed by atoms with van der Waals surface area (Å²) in [7, 11) is 2.18. The number of hydrogen-bond acceptors (Lipinski definition) is 3. The van der Waals surface area contributed by atoms with E-state index >= 15 is 0 Å². The van der Waals surface area contributed by atoms with E-state index in [9.17, 15) is 5.11 Å². The van der Waals surface area contributed by atoms with Crippen LogP contribution in [0.4, 0.5) is 5.69 Å². The minimum atomic E-state index is -0.408. The van der Waals surface area contributed by atoms with E-state index in [1.165, 1.54) is 12.1 Å². The first-order valence-electron chi connectivity index (χ1n) is 6.81. The van der Waals surface area contributed by atoms with Gasteiger partial charge in [-0.05, 0) is 39.9 Å². The first kappa shape index (κ1) is 13.4. The molecule has 1 saturated heterocycles. The first-order valence-corrected chi connectivity index (χ1v) is 6.81. The van der Waals surface area contributed by atoms with E-state index in [-0.39, 0.29) is 0 Å². The van der Waals surface area contributed by atoms with Crippen LogP contribution in [0.5, 0.6) is 0 Å². The number of aliphatic hydroxyl groups excluding tert-OH is 1. The zero-order valence-electron chi connectivity index (χ0n) is 11.6. The van der Waals surface area contributed by atoms with E-state index in [1.54, 1.807) is 0 Å². The molecule has 1 aliphatic rings. The second-order valence-corrected chi connectivity index (χ2v) is 5.39. The van der Waals surface area contributed by atoms with Crippen LogP contribution in [0.25, 0.3) is 0 Å². The lowest BCUT2D eigenvalue weighted by atomic mass is 10.1. The highest BCUT2D eigenvalue weighted by Gasteiger charge is 2.22. The summed E-state index contributed by atoms with van der Waals surface area (Å²) in [6.45, 7) is 7.40. The summed E-state index contributed by atoms with van der Waals surface area (Å²) in [5, 5.41) is 9.91. The summed E-state index contributed by atoms with van der Waals surface area (Å²) in [6.07, 6.45) is 0.768. The van der Waals surface area contributed by atoms with Crippen molar-refractivity contribution in [3.05, 3.63) is 29.8 Å². The third-order valence-corrected chi connectivity index (χ3v) is 3.74. The van der Waals surface area contributed by atoms with Gasteiger partial charge >= 0.3 is 0 Å². The normalized spacial score (nSPS) is 23.8. The average Bonchev–Trinajstić information content (AvgIpc) is 2.50. The maximum Gasteiger partial charge on any atom is 0.0781 e. The monoisotopic (exact) mass is 248 g/mol. The van der Waals surface area contributed by atoms with E-state index in [0.29, 0.717) is 6.04 Å². The van der Waals surface area contributed by atoms with Crippen molar-refractivity contribution >= 4 is 5.69 Å². The van der Waals surface area contributed by atoms with Crippen LogP contribution in [-0.2, 0) is 0 Å². The predicted octanol–water partition coefficient (Wildman–Crippen LogP) is 2.27. The molecule has 100 valence electrons. The van der Waals surface area contributed by atoms with Crippen LogP contribution in [0.1, 0.15) is 31.9 Å². The first-order chi connectivity index (χ1) is 8.59. The molecule has 1 aliphatic heterocycles. The Balaban J connectivity index is 2.29.